The largest absolute Gasteiger partial charge is 0.306 e. The summed E-state index contributed by atoms with van der Waals surface area (Å²) in [4.78, 5) is 12.9. The van der Waals surface area contributed by atoms with E-state index in [0.29, 0.717) is 5.82 Å². The summed E-state index contributed by atoms with van der Waals surface area (Å²) in [5.41, 5.74) is 2.11. The average molecular weight is 249 g/mol. The highest BCUT2D eigenvalue weighted by Gasteiger charge is 2.14. The lowest BCUT2D eigenvalue weighted by Crippen LogP contribution is -2.13. The number of amides is 1. The molecule has 0 saturated heterocycles. The van der Waals surface area contributed by atoms with Crippen molar-refractivity contribution in [2.24, 2.45) is 0 Å². The van der Waals surface area contributed by atoms with Crippen molar-refractivity contribution >= 4 is 23.1 Å². The van der Waals surface area contributed by atoms with Crippen LogP contribution < -0.4 is 5.32 Å². The van der Waals surface area contributed by atoms with Crippen LogP contribution in [0.3, 0.4) is 0 Å². The van der Waals surface area contributed by atoms with Gasteiger partial charge in [-0.1, -0.05) is 13.8 Å². The van der Waals surface area contributed by atoms with Crippen LogP contribution in [-0.2, 0) is 12.8 Å². The number of hydrogen-bond acceptors (Lipinski definition) is 3. The molecule has 2 rings (SSSR count). The van der Waals surface area contributed by atoms with E-state index in [1.54, 1.807) is 6.20 Å². The zero-order chi connectivity index (χ0) is 12.3. The first-order valence-electron chi connectivity index (χ1n) is 5.66. The van der Waals surface area contributed by atoms with Crippen molar-refractivity contribution in [3.63, 3.8) is 0 Å². The van der Waals surface area contributed by atoms with Crippen LogP contribution in [0.1, 0.15) is 34.6 Å². The van der Waals surface area contributed by atoms with Crippen LogP contribution in [-0.4, -0.2) is 16.1 Å². The van der Waals surface area contributed by atoms with Gasteiger partial charge in [-0.3, -0.25) is 9.89 Å². The number of thiophene rings is 1. The Kier molecular flexibility index (Phi) is 3.58. The molecule has 0 spiro atoms. The first-order chi connectivity index (χ1) is 8.26. The molecule has 2 heterocycles. The van der Waals surface area contributed by atoms with E-state index < -0.39 is 0 Å². The van der Waals surface area contributed by atoms with Crippen molar-refractivity contribution in [3.05, 3.63) is 33.6 Å². The van der Waals surface area contributed by atoms with Crippen molar-refractivity contribution in [1.82, 2.24) is 10.2 Å². The summed E-state index contributed by atoms with van der Waals surface area (Å²) in [5, 5.41) is 11.6. The third-order valence-electron chi connectivity index (χ3n) is 2.67. The molecule has 0 unspecified atom stereocenters. The standard InChI is InChI=1S/C12H15N3OS/c1-3-8-5-6-17-10(8)12(16)14-11-9(4-2)7-13-15-11/h5-7H,3-4H2,1-2H3,(H2,13,14,15,16). The number of carbonyl (C=O) groups is 1. The highest BCUT2D eigenvalue weighted by molar-refractivity contribution is 7.12. The predicted octanol–water partition coefficient (Wildman–Crippen LogP) is 2.85. The molecule has 0 atom stereocenters. The highest BCUT2D eigenvalue weighted by atomic mass is 32.1. The second-order valence-corrected chi connectivity index (χ2v) is 4.62. The Labute approximate surface area is 104 Å². The lowest BCUT2D eigenvalue weighted by atomic mass is 10.2. The fraction of sp³-hybridized carbons (Fsp3) is 0.333. The van der Waals surface area contributed by atoms with Crippen molar-refractivity contribution < 1.29 is 4.79 Å². The van der Waals surface area contributed by atoms with Gasteiger partial charge in [0.25, 0.3) is 5.91 Å². The van der Waals surface area contributed by atoms with Crippen LogP contribution >= 0.6 is 11.3 Å². The van der Waals surface area contributed by atoms with E-state index in [1.165, 1.54) is 11.3 Å². The summed E-state index contributed by atoms with van der Waals surface area (Å²) in [6.07, 6.45) is 3.46. The summed E-state index contributed by atoms with van der Waals surface area (Å²) >= 11 is 1.47. The van der Waals surface area contributed by atoms with E-state index in [-0.39, 0.29) is 5.91 Å². The molecule has 0 aliphatic carbocycles. The minimum Gasteiger partial charge on any atom is -0.306 e. The molecule has 0 radical (unpaired) electrons. The van der Waals surface area contributed by atoms with Crippen LogP contribution in [0.5, 0.6) is 0 Å². The van der Waals surface area contributed by atoms with E-state index in [2.05, 4.69) is 15.5 Å². The number of carbonyl (C=O) groups excluding carboxylic acids is 1. The highest BCUT2D eigenvalue weighted by Crippen LogP contribution is 2.20. The van der Waals surface area contributed by atoms with Gasteiger partial charge in [-0.2, -0.15) is 5.10 Å². The molecule has 2 aromatic heterocycles. The molecule has 5 heteroatoms. The van der Waals surface area contributed by atoms with Gasteiger partial charge < -0.3 is 5.32 Å². The van der Waals surface area contributed by atoms with Crippen LogP contribution in [0.4, 0.5) is 5.82 Å². The Bertz CT molecular complexity index is 515. The molecule has 1 amide bonds. The molecule has 0 aromatic carbocycles. The number of hydrogen-bond donors (Lipinski definition) is 2. The van der Waals surface area contributed by atoms with Crippen LogP contribution in [0, 0.1) is 0 Å². The molecule has 2 N–H and O–H groups in total. The number of nitrogens with one attached hydrogen (secondary N) is 2. The van der Waals surface area contributed by atoms with Gasteiger partial charge in [-0.25, -0.2) is 0 Å². The molecule has 2 aromatic rings. The second kappa shape index (κ2) is 5.14. The molecule has 0 aliphatic rings. The van der Waals surface area contributed by atoms with E-state index in [4.69, 9.17) is 0 Å². The van der Waals surface area contributed by atoms with Gasteiger partial charge in [0, 0.05) is 5.56 Å². The van der Waals surface area contributed by atoms with Crippen LogP contribution in [0.15, 0.2) is 17.6 Å². The van der Waals surface area contributed by atoms with Gasteiger partial charge in [-0.15, -0.1) is 11.3 Å². The first-order valence-corrected chi connectivity index (χ1v) is 6.54. The fourth-order valence-electron chi connectivity index (χ4n) is 1.67. The number of rotatable bonds is 4. The molecule has 0 aliphatic heterocycles. The van der Waals surface area contributed by atoms with Crippen LogP contribution in [0.2, 0.25) is 0 Å². The first kappa shape index (κ1) is 11.9. The molecular weight excluding hydrogens is 234 g/mol. The summed E-state index contributed by atoms with van der Waals surface area (Å²) < 4.78 is 0. The second-order valence-electron chi connectivity index (χ2n) is 3.71. The SMILES string of the molecule is CCc1cn[nH]c1NC(=O)c1sccc1CC. The number of aromatic nitrogens is 2. The summed E-state index contributed by atoms with van der Waals surface area (Å²) in [5.74, 6) is 0.642. The van der Waals surface area contributed by atoms with E-state index >= 15 is 0 Å². The minimum atomic E-state index is -0.0594. The minimum absolute atomic E-state index is 0.0594. The normalized spacial score (nSPS) is 10.5. The Morgan fingerprint density at radius 3 is 2.88 bits per heavy atom. The van der Waals surface area contributed by atoms with Crippen LogP contribution in [0.25, 0.3) is 0 Å². The van der Waals surface area contributed by atoms with E-state index in [1.807, 2.05) is 25.3 Å². The van der Waals surface area contributed by atoms with Gasteiger partial charge in [0.15, 0.2) is 0 Å². The monoisotopic (exact) mass is 249 g/mol. The molecule has 17 heavy (non-hydrogen) atoms. The maximum Gasteiger partial charge on any atom is 0.267 e. The van der Waals surface area contributed by atoms with Crippen molar-refractivity contribution in [2.45, 2.75) is 26.7 Å². The number of aryl methyl sites for hydroxylation is 2. The Morgan fingerprint density at radius 2 is 2.18 bits per heavy atom. The number of nitrogens with zero attached hydrogens (tertiary/aromatic N) is 1. The molecule has 0 fully saturated rings. The lowest BCUT2D eigenvalue weighted by Gasteiger charge is -2.04. The zero-order valence-electron chi connectivity index (χ0n) is 9.91. The topological polar surface area (TPSA) is 57.8 Å². The molecule has 0 saturated carbocycles. The molecule has 90 valence electrons. The quantitative estimate of drug-likeness (QED) is 0.875. The van der Waals surface area contributed by atoms with Gasteiger partial charge in [0.05, 0.1) is 11.1 Å². The molecular formula is C12H15N3OS. The zero-order valence-corrected chi connectivity index (χ0v) is 10.7. The Hall–Kier alpha value is -1.62. The van der Waals surface area contributed by atoms with E-state index in [9.17, 15) is 4.79 Å². The summed E-state index contributed by atoms with van der Waals surface area (Å²) in [6.45, 7) is 4.08. The van der Waals surface area contributed by atoms with Crippen molar-refractivity contribution in [2.75, 3.05) is 5.32 Å². The predicted molar refractivity (Wildman–Crippen MR) is 69.6 cm³/mol. The van der Waals surface area contributed by atoms with Gasteiger partial charge in [0.1, 0.15) is 5.82 Å². The van der Waals surface area contributed by atoms with Gasteiger partial charge in [0.2, 0.25) is 0 Å². The fourth-order valence-corrected chi connectivity index (χ4v) is 2.56. The third kappa shape index (κ3) is 2.39. The Morgan fingerprint density at radius 1 is 1.41 bits per heavy atom. The number of H-pyrrole nitrogens is 1. The van der Waals surface area contributed by atoms with E-state index in [0.717, 1.165) is 28.8 Å². The maximum absolute atomic E-state index is 12.1. The van der Waals surface area contributed by atoms with Crippen molar-refractivity contribution in [1.29, 1.82) is 0 Å². The summed E-state index contributed by atoms with van der Waals surface area (Å²) in [7, 11) is 0. The maximum atomic E-state index is 12.1. The molecule has 0 bridgehead atoms. The molecule has 4 nitrogen and oxygen atoms in total. The van der Waals surface area contributed by atoms with Gasteiger partial charge in [-0.05, 0) is 29.9 Å². The lowest BCUT2D eigenvalue weighted by molar-refractivity contribution is 0.102. The van der Waals surface area contributed by atoms with Gasteiger partial charge >= 0.3 is 0 Å². The third-order valence-corrected chi connectivity index (χ3v) is 3.63. The average Bonchev–Trinajstić information content (AvgIpc) is 2.96. The Balaban J connectivity index is 2.17. The summed E-state index contributed by atoms with van der Waals surface area (Å²) in [6, 6.07) is 1.99. The number of anilines is 1. The number of aromatic amines is 1. The smallest absolute Gasteiger partial charge is 0.267 e. The van der Waals surface area contributed by atoms with Crippen molar-refractivity contribution in [3.8, 4) is 0 Å².